The Bertz CT molecular complexity index is 323. The van der Waals surface area contributed by atoms with Gasteiger partial charge in [-0.3, -0.25) is 0 Å². The number of benzene rings is 1. The van der Waals surface area contributed by atoms with Crippen LogP contribution in [0.15, 0.2) is 30.3 Å². The SMILES string of the molecule is COc1cccc(C=CC#N)c1. The van der Waals surface area contributed by atoms with E-state index >= 15 is 0 Å². The van der Waals surface area contributed by atoms with Crippen molar-refractivity contribution < 1.29 is 4.74 Å². The number of rotatable bonds is 2. The van der Waals surface area contributed by atoms with Gasteiger partial charge in [0.2, 0.25) is 0 Å². The second-order valence-corrected chi connectivity index (χ2v) is 2.24. The van der Waals surface area contributed by atoms with Crippen LogP contribution in [0.4, 0.5) is 0 Å². The summed E-state index contributed by atoms with van der Waals surface area (Å²) in [4.78, 5) is 0. The normalized spacial score (nSPS) is 9.67. The summed E-state index contributed by atoms with van der Waals surface area (Å²) in [7, 11) is 1.62. The molecule has 0 saturated heterocycles. The average molecular weight is 159 g/mol. The number of allylic oxidation sites excluding steroid dienone is 1. The Labute approximate surface area is 71.7 Å². The summed E-state index contributed by atoms with van der Waals surface area (Å²) in [6.07, 6.45) is 3.18. The standard InChI is InChI=1S/C10H9NO/c1-12-10-6-2-4-9(8-10)5-3-7-11/h2-6,8H,1H3. The van der Waals surface area contributed by atoms with Gasteiger partial charge in [-0.2, -0.15) is 5.26 Å². The molecule has 0 radical (unpaired) electrons. The lowest BCUT2D eigenvalue weighted by Crippen LogP contribution is -1.81. The van der Waals surface area contributed by atoms with E-state index in [-0.39, 0.29) is 0 Å². The molecule has 0 aliphatic heterocycles. The first-order chi connectivity index (χ1) is 5.86. The molecule has 0 amide bonds. The molecule has 2 heteroatoms. The van der Waals surface area contributed by atoms with Gasteiger partial charge in [0.05, 0.1) is 13.2 Å². The first kappa shape index (κ1) is 8.35. The molecule has 0 N–H and O–H groups in total. The summed E-state index contributed by atoms with van der Waals surface area (Å²) in [5, 5.41) is 8.29. The molecule has 0 heterocycles. The van der Waals surface area contributed by atoms with Crippen LogP contribution in [0.5, 0.6) is 5.75 Å². The highest BCUT2D eigenvalue weighted by Gasteiger charge is 1.89. The molecule has 12 heavy (non-hydrogen) atoms. The molecule has 0 atom stereocenters. The van der Waals surface area contributed by atoms with Gasteiger partial charge in [-0.25, -0.2) is 0 Å². The van der Waals surface area contributed by atoms with E-state index in [1.54, 1.807) is 13.2 Å². The number of methoxy groups -OCH3 is 1. The number of hydrogen-bond acceptors (Lipinski definition) is 2. The van der Waals surface area contributed by atoms with E-state index in [9.17, 15) is 0 Å². The second kappa shape index (κ2) is 4.20. The first-order valence-corrected chi connectivity index (χ1v) is 3.57. The zero-order valence-corrected chi connectivity index (χ0v) is 6.82. The quantitative estimate of drug-likeness (QED) is 0.620. The molecule has 0 unspecified atom stereocenters. The largest absolute Gasteiger partial charge is 0.497 e. The van der Waals surface area contributed by atoms with Gasteiger partial charge in [-0.05, 0) is 23.8 Å². The van der Waals surface area contributed by atoms with Crippen molar-refractivity contribution in [2.45, 2.75) is 0 Å². The number of nitrogens with zero attached hydrogens (tertiary/aromatic N) is 1. The fraction of sp³-hybridized carbons (Fsp3) is 0.100. The lowest BCUT2D eigenvalue weighted by Gasteiger charge is -1.98. The molecule has 0 spiro atoms. The molecule has 60 valence electrons. The van der Waals surface area contributed by atoms with Gasteiger partial charge in [0, 0.05) is 6.08 Å². The van der Waals surface area contributed by atoms with E-state index in [4.69, 9.17) is 10.00 Å². The van der Waals surface area contributed by atoms with Crippen molar-refractivity contribution in [2.24, 2.45) is 0 Å². The third kappa shape index (κ3) is 2.14. The van der Waals surface area contributed by atoms with Crippen molar-refractivity contribution in [3.8, 4) is 11.8 Å². The summed E-state index contributed by atoms with van der Waals surface area (Å²) in [6, 6.07) is 9.46. The summed E-state index contributed by atoms with van der Waals surface area (Å²) in [6.45, 7) is 0. The van der Waals surface area contributed by atoms with Crippen molar-refractivity contribution in [1.29, 1.82) is 5.26 Å². The molecule has 1 aromatic rings. The van der Waals surface area contributed by atoms with Gasteiger partial charge < -0.3 is 4.74 Å². The van der Waals surface area contributed by atoms with E-state index in [0.717, 1.165) is 11.3 Å². The number of ether oxygens (including phenoxy) is 1. The van der Waals surface area contributed by atoms with Crippen LogP contribution in [-0.4, -0.2) is 7.11 Å². The average Bonchev–Trinajstić information content (AvgIpc) is 2.15. The lowest BCUT2D eigenvalue weighted by atomic mass is 10.2. The molecular formula is C10H9NO. The van der Waals surface area contributed by atoms with E-state index in [2.05, 4.69) is 0 Å². The molecule has 1 aromatic carbocycles. The van der Waals surface area contributed by atoms with Crippen LogP contribution >= 0.6 is 0 Å². The lowest BCUT2D eigenvalue weighted by molar-refractivity contribution is 0.414. The minimum absolute atomic E-state index is 0.801. The van der Waals surface area contributed by atoms with E-state index in [0.29, 0.717) is 0 Å². The Morgan fingerprint density at radius 3 is 3.00 bits per heavy atom. The van der Waals surface area contributed by atoms with Crippen LogP contribution in [0.3, 0.4) is 0 Å². The highest BCUT2D eigenvalue weighted by Crippen LogP contribution is 2.13. The van der Waals surface area contributed by atoms with Crippen molar-refractivity contribution in [2.75, 3.05) is 7.11 Å². The fourth-order valence-corrected chi connectivity index (χ4v) is 0.879. The zero-order chi connectivity index (χ0) is 8.81. The van der Waals surface area contributed by atoms with Crippen LogP contribution in [0.25, 0.3) is 6.08 Å². The summed E-state index contributed by atoms with van der Waals surface area (Å²) in [5.74, 6) is 0.801. The highest BCUT2D eigenvalue weighted by molar-refractivity contribution is 5.53. The molecule has 1 rings (SSSR count). The maximum atomic E-state index is 8.29. The molecule has 0 aromatic heterocycles. The number of nitriles is 1. The summed E-state index contributed by atoms with van der Waals surface area (Å²) < 4.78 is 5.02. The van der Waals surface area contributed by atoms with Crippen LogP contribution in [0, 0.1) is 11.3 Å². The minimum Gasteiger partial charge on any atom is -0.497 e. The van der Waals surface area contributed by atoms with Crippen LogP contribution in [0.2, 0.25) is 0 Å². The second-order valence-electron chi connectivity index (χ2n) is 2.24. The van der Waals surface area contributed by atoms with E-state index < -0.39 is 0 Å². The molecule has 0 bridgehead atoms. The minimum atomic E-state index is 0.801. The maximum absolute atomic E-state index is 8.29. The fourth-order valence-electron chi connectivity index (χ4n) is 0.879. The summed E-state index contributed by atoms with van der Waals surface area (Å²) in [5.41, 5.74) is 0.968. The molecule has 0 aliphatic rings. The highest BCUT2D eigenvalue weighted by atomic mass is 16.5. The van der Waals surface area contributed by atoms with Gasteiger partial charge in [0.1, 0.15) is 5.75 Å². The third-order valence-corrected chi connectivity index (χ3v) is 1.44. The van der Waals surface area contributed by atoms with Crippen molar-refractivity contribution in [1.82, 2.24) is 0 Å². The van der Waals surface area contributed by atoms with E-state index in [1.807, 2.05) is 30.3 Å². The van der Waals surface area contributed by atoms with Crippen molar-refractivity contribution in [3.05, 3.63) is 35.9 Å². The third-order valence-electron chi connectivity index (χ3n) is 1.44. The predicted molar refractivity (Wildman–Crippen MR) is 47.6 cm³/mol. The maximum Gasteiger partial charge on any atom is 0.119 e. The monoisotopic (exact) mass is 159 g/mol. The Morgan fingerprint density at radius 2 is 2.33 bits per heavy atom. The van der Waals surface area contributed by atoms with Crippen molar-refractivity contribution >= 4 is 6.08 Å². The first-order valence-electron chi connectivity index (χ1n) is 3.57. The predicted octanol–water partition coefficient (Wildman–Crippen LogP) is 2.23. The Balaban J connectivity index is 2.88. The number of hydrogen-bond donors (Lipinski definition) is 0. The van der Waals surface area contributed by atoms with Gasteiger partial charge in [-0.15, -0.1) is 0 Å². The molecule has 2 nitrogen and oxygen atoms in total. The molecular weight excluding hydrogens is 150 g/mol. The molecule has 0 fully saturated rings. The smallest absolute Gasteiger partial charge is 0.119 e. The molecule has 0 saturated carbocycles. The van der Waals surface area contributed by atoms with Gasteiger partial charge in [0.15, 0.2) is 0 Å². The zero-order valence-electron chi connectivity index (χ0n) is 6.82. The van der Waals surface area contributed by atoms with Crippen LogP contribution in [-0.2, 0) is 0 Å². The summed E-state index contributed by atoms with van der Waals surface area (Å²) >= 11 is 0. The Morgan fingerprint density at radius 1 is 1.50 bits per heavy atom. The topological polar surface area (TPSA) is 33.0 Å². The van der Waals surface area contributed by atoms with Gasteiger partial charge >= 0.3 is 0 Å². The van der Waals surface area contributed by atoms with Crippen molar-refractivity contribution in [3.63, 3.8) is 0 Å². The Hall–Kier alpha value is -1.75. The van der Waals surface area contributed by atoms with Gasteiger partial charge in [0.25, 0.3) is 0 Å². The van der Waals surface area contributed by atoms with Crippen LogP contribution < -0.4 is 4.74 Å². The van der Waals surface area contributed by atoms with Gasteiger partial charge in [-0.1, -0.05) is 12.1 Å². The molecule has 0 aliphatic carbocycles. The Kier molecular flexibility index (Phi) is 2.92. The van der Waals surface area contributed by atoms with Crippen LogP contribution in [0.1, 0.15) is 5.56 Å². The van der Waals surface area contributed by atoms with E-state index in [1.165, 1.54) is 6.08 Å².